The van der Waals surface area contributed by atoms with Gasteiger partial charge in [0.2, 0.25) is 5.95 Å². The molecule has 0 amide bonds. The van der Waals surface area contributed by atoms with Crippen LogP contribution in [-0.2, 0) is 0 Å². The maximum atomic E-state index is 11.9. The summed E-state index contributed by atoms with van der Waals surface area (Å²) < 4.78 is 1.40. The van der Waals surface area contributed by atoms with E-state index in [2.05, 4.69) is 20.8 Å². The number of hydrogen-bond donors (Lipinski definition) is 2. The van der Waals surface area contributed by atoms with E-state index in [0.29, 0.717) is 16.5 Å². The number of benzene rings is 1. The van der Waals surface area contributed by atoms with Crippen molar-refractivity contribution in [1.82, 2.24) is 20.0 Å². The molecule has 18 heavy (non-hydrogen) atoms. The fourth-order valence-corrected chi connectivity index (χ4v) is 1.77. The highest BCUT2D eigenvalue weighted by molar-refractivity contribution is 6.30. The van der Waals surface area contributed by atoms with E-state index in [1.807, 2.05) is 0 Å². The molecule has 0 fully saturated rings. The predicted octanol–water partition coefficient (Wildman–Crippen LogP) is 1.14. The number of nitrogens with zero attached hydrogens (tertiary/aromatic N) is 3. The van der Waals surface area contributed by atoms with Gasteiger partial charge in [-0.1, -0.05) is 17.7 Å². The fourth-order valence-electron chi connectivity index (χ4n) is 1.59. The Balaban J connectivity index is 2.55. The van der Waals surface area contributed by atoms with Crippen LogP contribution in [0.5, 0.6) is 0 Å². The molecule has 0 bridgehead atoms. The topological polar surface area (TPSA) is 71.8 Å². The Kier molecular flexibility index (Phi) is 3.59. The fraction of sp³-hybridized carbons (Fsp3) is 0.182. The van der Waals surface area contributed by atoms with Crippen LogP contribution in [0.3, 0.4) is 0 Å². The second-order valence-corrected chi connectivity index (χ2v) is 4.00. The molecule has 2 N–H and O–H groups in total. The molecule has 0 aliphatic carbocycles. The lowest BCUT2D eigenvalue weighted by atomic mass is 10.3. The van der Waals surface area contributed by atoms with Crippen LogP contribution in [0.1, 0.15) is 5.82 Å². The quantitative estimate of drug-likeness (QED) is 0.814. The van der Waals surface area contributed by atoms with Gasteiger partial charge in [-0.25, -0.2) is 14.8 Å². The van der Waals surface area contributed by atoms with Crippen LogP contribution in [0.15, 0.2) is 29.1 Å². The van der Waals surface area contributed by atoms with E-state index in [1.165, 1.54) is 4.57 Å². The zero-order chi connectivity index (χ0) is 13.1. The Labute approximate surface area is 109 Å². The molecule has 1 heterocycles. The average molecular weight is 266 g/mol. The van der Waals surface area contributed by atoms with Gasteiger partial charge in [-0.3, -0.25) is 5.43 Å². The van der Waals surface area contributed by atoms with Gasteiger partial charge in [0.25, 0.3) is 0 Å². The van der Waals surface area contributed by atoms with Crippen LogP contribution >= 0.6 is 11.6 Å². The molecule has 0 aliphatic rings. The van der Waals surface area contributed by atoms with Crippen molar-refractivity contribution in [2.75, 3.05) is 12.5 Å². The van der Waals surface area contributed by atoms with Gasteiger partial charge in [0.05, 0.1) is 5.69 Å². The first-order valence-corrected chi connectivity index (χ1v) is 5.66. The summed E-state index contributed by atoms with van der Waals surface area (Å²) in [6.45, 7) is 1.73. The molecule has 1 aromatic heterocycles. The minimum Gasteiger partial charge on any atom is -0.290 e. The number of hydrazine groups is 1. The Morgan fingerprint density at radius 3 is 2.72 bits per heavy atom. The predicted molar refractivity (Wildman–Crippen MR) is 70.1 cm³/mol. The minimum absolute atomic E-state index is 0.235. The summed E-state index contributed by atoms with van der Waals surface area (Å²) in [6.07, 6.45) is 0. The van der Waals surface area contributed by atoms with E-state index < -0.39 is 5.69 Å². The molecule has 0 spiro atoms. The van der Waals surface area contributed by atoms with Gasteiger partial charge in [-0.15, -0.1) is 0 Å². The third-order valence-corrected chi connectivity index (χ3v) is 2.52. The number of aryl methyl sites for hydroxylation is 1. The average Bonchev–Trinajstić information content (AvgIpc) is 2.28. The molecule has 6 nitrogen and oxygen atoms in total. The van der Waals surface area contributed by atoms with Crippen LogP contribution in [0, 0.1) is 6.92 Å². The number of halogens is 1. The summed E-state index contributed by atoms with van der Waals surface area (Å²) in [6, 6.07) is 6.96. The lowest BCUT2D eigenvalue weighted by Crippen LogP contribution is -2.28. The molecule has 1 aromatic carbocycles. The Morgan fingerprint density at radius 2 is 2.11 bits per heavy atom. The first-order valence-electron chi connectivity index (χ1n) is 5.28. The van der Waals surface area contributed by atoms with Crippen molar-refractivity contribution in [2.45, 2.75) is 6.92 Å². The van der Waals surface area contributed by atoms with Gasteiger partial charge >= 0.3 is 5.69 Å². The summed E-state index contributed by atoms with van der Waals surface area (Å²) in [4.78, 5) is 19.9. The third-order valence-electron chi connectivity index (χ3n) is 2.29. The number of hydrogen-bond acceptors (Lipinski definition) is 5. The standard InChI is InChI=1S/C11H12ClN5O/c1-7-14-10(16-13-2)15-11(18)17(7)9-5-3-4-8(12)6-9/h3-6,13H,1-2H3,(H,15,16,18). The Morgan fingerprint density at radius 1 is 1.33 bits per heavy atom. The molecule has 0 saturated carbocycles. The lowest BCUT2D eigenvalue weighted by Gasteiger charge is -2.10. The Hall–Kier alpha value is -1.92. The van der Waals surface area contributed by atoms with Crippen LogP contribution in [0.4, 0.5) is 5.95 Å². The highest BCUT2D eigenvalue weighted by atomic mass is 35.5. The zero-order valence-electron chi connectivity index (χ0n) is 9.94. The van der Waals surface area contributed by atoms with E-state index in [0.717, 1.165) is 0 Å². The number of anilines is 1. The van der Waals surface area contributed by atoms with Crippen LogP contribution < -0.4 is 16.5 Å². The number of nitrogens with one attached hydrogen (secondary N) is 2. The van der Waals surface area contributed by atoms with E-state index in [1.54, 1.807) is 38.2 Å². The molecule has 0 aliphatic heterocycles. The summed E-state index contributed by atoms with van der Waals surface area (Å²) in [5, 5.41) is 0.552. The maximum absolute atomic E-state index is 11.9. The molecular formula is C11H12ClN5O. The molecule has 7 heteroatoms. The first-order chi connectivity index (χ1) is 8.61. The minimum atomic E-state index is -0.414. The van der Waals surface area contributed by atoms with Crippen molar-refractivity contribution in [3.05, 3.63) is 45.6 Å². The zero-order valence-corrected chi connectivity index (χ0v) is 10.7. The molecule has 2 rings (SSSR count). The molecule has 94 valence electrons. The molecule has 0 atom stereocenters. The summed E-state index contributed by atoms with van der Waals surface area (Å²) >= 11 is 5.90. The summed E-state index contributed by atoms with van der Waals surface area (Å²) in [7, 11) is 1.67. The van der Waals surface area contributed by atoms with Crippen molar-refractivity contribution in [2.24, 2.45) is 0 Å². The van der Waals surface area contributed by atoms with Crippen LogP contribution in [0.25, 0.3) is 5.69 Å². The van der Waals surface area contributed by atoms with Crippen molar-refractivity contribution in [3.8, 4) is 5.69 Å². The van der Waals surface area contributed by atoms with Gasteiger partial charge in [0, 0.05) is 12.1 Å². The summed E-state index contributed by atoms with van der Waals surface area (Å²) in [5.74, 6) is 0.758. The van der Waals surface area contributed by atoms with E-state index in [4.69, 9.17) is 11.6 Å². The van der Waals surface area contributed by atoms with Crippen molar-refractivity contribution < 1.29 is 0 Å². The summed E-state index contributed by atoms with van der Waals surface area (Å²) in [5.41, 5.74) is 5.56. The third kappa shape index (κ3) is 2.49. The second kappa shape index (κ2) is 5.16. The molecule has 0 saturated heterocycles. The highest BCUT2D eigenvalue weighted by Gasteiger charge is 2.08. The van der Waals surface area contributed by atoms with E-state index in [9.17, 15) is 4.79 Å². The highest BCUT2D eigenvalue weighted by Crippen LogP contribution is 2.14. The normalized spacial score (nSPS) is 10.4. The number of rotatable bonds is 3. The SMILES string of the molecule is CNNc1nc(C)n(-c2cccc(Cl)c2)c(=O)n1. The number of aromatic nitrogens is 3. The van der Waals surface area contributed by atoms with Gasteiger partial charge < -0.3 is 0 Å². The van der Waals surface area contributed by atoms with E-state index >= 15 is 0 Å². The monoisotopic (exact) mass is 265 g/mol. The van der Waals surface area contributed by atoms with E-state index in [-0.39, 0.29) is 5.95 Å². The Bertz CT molecular complexity index is 625. The molecule has 0 radical (unpaired) electrons. The van der Waals surface area contributed by atoms with Gasteiger partial charge in [-0.05, 0) is 25.1 Å². The van der Waals surface area contributed by atoms with Crippen molar-refractivity contribution in [1.29, 1.82) is 0 Å². The van der Waals surface area contributed by atoms with Crippen LogP contribution in [-0.4, -0.2) is 21.6 Å². The maximum Gasteiger partial charge on any atom is 0.356 e. The molecule has 0 unspecified atom stereocenters. The molecule has 2 aromatic rings. The van der Waals surface area contributed by atoms with Gasteiger partial charge in [0.1, 0.15) is 5.82 Å². The van der Waals surface area contributed by atoms with Gasteiger partial charge in [0.15, 0.2) is 0 Å². The molecular weight excluding hydrogens is 254 g/mol. The smallest absolute Gasteiger partial charge is 0.290 e. The largest absolute Gasteiger partial charge is 0.356 e. The van der Waals surface area contributed by atoms with Crippen LogP contribution in [0.2, 0.25) is 5.02 Å². The van der Waals surface area contributed by atoms with Gasteiger partial charge in [-0.2, -0.15) is 9.97 Å². The lowest BCUT2D eigenvalue weighted by molar-refractivity contribution is 0.796. The second-order valence-electron chi connectivity index (χ2n) is 3.57. The van der Waals surface area contributed by atoms with Crippen molar-refractivity contribution in [3.63, 3.8) is 0 Å². The van der Waals surface area contributed by atoms with Crippen molar-refractivity contribution >= 4 is 17.5 Å². The first kappa shape index (κ1) is 12.5.